The summed E-state index contributed by atoms with van der Waals surface area (Å²) in [6.07, 6.45) is 4.46. The number of hydrogen-bond acceptors (Lipinski definition) is 2. The molecule has 0 aliphatic rings. The number of carbonyl (C=O) groups excluding carboxylic acids is 1. The summed E-state index contributed by atoms with van der Waals surface area (Å²) < 4.78 is 0. The Balaban J connectivity index is 2.59. The van der Waals surface area contributed by atoms with E-state index in [4.69, 9.17) is 0 Å². The van der Waals surface area contributed by atoms with Crippen LogP contribution in [0.5, 0.6) is 0 Å². The SMILES string of the molecule is Cc1cnc(C(=O)CCCC(C)C)c(C)c1. The Morgan fingerprint density at radius 1 is 1.38 bits per heavy atom. The second-order valence-electron chi connectivity index (χ2n) is 4.89. The molecule has 0 aliphatic carbocycles. The molecule has 0 radical (unpaired) electrons. The van der Waals surface area contributed by atoms with Crippen LogP contribution in [0.1, 0.15) is 54.7 Å². The Morgan fingerprint density at radius 2 is 2.06 bits per heavy atom. The van der Waals surface area contributed by atoms with Crippen molar-refractivity contribution in [3.63, 3.8) is 0 Å². The summed E-state index contributed by atoms with van der Waals surface area (Å²) >= 11 is 0. The molecular formula is C14H21NO. The van der Waals surface area contributed by atoms with Crippen molar-refractivity contribution in [3.05, 3.63) is 29.1 Å². The van der Waals surface area contributed by atoms with Crippen LogP contribution in [0.3, 0.4) is 0 Å². The zero-order valence-corrected chi connectivity index (χ0v) is 10.7. The topological polar surface area (TPSA) is 30.0 Å². The van der Waals surface area contributed by atoms with Crippen LogP contribution in [0.2, 0.25) is 0 Å². The number of ketones is 1. The average Bonchev–Trinajstić information content (AvgIpc) is 2.16. The van der Waals surface area contributed by atoms with Gasteiger partial charge in [-0.05, 0) is 37.3 Å². The van der Waals surface area contributed by atoms with Gasteiger partial charge < -0.3 is 0 Å². The van der Waals surface area contributed by atoms with E-state index in [1.54, 1.807) is 6.20 Å². The second kappa shape index (κ2) is 5.78. The van der Waals surface area contributed by atoms with Gasteiger partial charge in [0.2, 0.25) is 0 Å². The van der Waals surface area contributed by atoms with Gasteiger partial charge in [0.05, 0.1) is 0 Å². The number of aromatic nitrogens is 1. The molecule has 0 atom stereocenters. The van der Waals surface area contributed by atoms with Crippen LogP contribution in [0.25, 0.3) is 0 Å². The molecule has 88 valence electrons. The van der Waals surface area contributed by atoms with E-state index in [-0.39, 0.29) is 5.78 Å². The zero-order chi connectivity index (χ0) is 12.1. The van der Waals surface area contributed by atoms with Crippen molar-refractivity contribution in [2.45, 2.75) is 47.0 Å². The van der Waals surface area contributed by atoms with Gasteiger partial charge in [0, 0.05) is 12.6 Å². The van der Waals surface area contributed by atoms with Crippen LogP contribution >= 0.6 is 0 Å². The van der Waals surface area contributed by atoms with Crippen LogP contribution < -0.4 is 0 Å². The lowest BCUT2D eigenvalue weighted by molar-refractivity contribution is 0.0973. The van der Waals surface area contributed by atoms with Crippen LogP contribution in [0, 0.1) is 19.8 Å². The molecule has 0 bridgehead atoms. The molecule has 1 aromatic heterocycles. The number of rotatable bonds is 5. The molecule has 0 N–H and O–H groups in total. The number of pyridine rings is 1. The quantitative estimate of drug-likeness (QED) is 0.707. The molecule has 1 aromatic rings. The highest BCUT2D eigenvalue weighted by Crippen LogP contribution is 2.13. The Labute approximate surface area is 98.1 Å². The summed E-state index contributed by atoms with van der Waals surface area (Å²) in [6.45, 7) is 8.31. The fourth-order valence-electron chi connectivity index (χ4n) is 1.80. The molecule has 0 spiro atoms. The second-order valence-corrected chi connectivity index (χ2v) is 4.89. The van der Waals surface area contributed by atoms with E-state index < -0.39 is 0 Å². The molecule has 2 nitrogen and oxygen atoms in total. The minimum absolute atomic E-state index is 0.179. The summed E-state index contributed by atoms with van der Waals surface area (Å²) in [5.74, 6) is 0.845. The predicted octanol–water partition coefficient (Wildman–Crippen LogP) is 3.71. The van der Waals surface area contributed by atoms with Gasteiger partial charge in [-0.25, -0.2) is 0 Å². The van der Waals surface area contributed by atoms with Crippen molar-refractivity contribution in [3.8, 4) is 0 Å². The van der Waals surface area contributed by atoms with Gasteiger partial charge in [0.1, 0.15) is 5.69 Å². The van der Waals surface area contributed by atoms with Crippen LogP contribution in [-0.4, -0.2) is 10.8 Å². The highest BCUT2D eigenvalue weighted by molar-refractivity contribution is 5.95. The third kappa shape index (κ3) is 3.76. The number of carbonyl (C=O) groups is 1. The number of hydrogen-bond donors (Lipinski definition) is 0. The Bertz CT molecular complexity index is 369. The van der Waals surface area contributed by atoms with E-state index in [9.17, 15) is 4.79 Å². The molecule has 1 heterocycles. The first kappa shape index (κ1) is 12.9. The molecule has 0 saturated heterocycles. The standard InChI is InChI=1S/C14H21NO/c1-10(2)6-5-7-13(16)14-12(4)8-11(3)9-15-14/h8-10H,5-7H2,1-4H3. The van der Waals surface area contributed by atoms with Gasteiger partial charge in [-0.3, -0.25) is 9.78 Å². The summed E-state index contributed by atoms with van der Waals surface area (Å²) in [7, 11) is 0. The van der Waals surface area contributed by atoms with E-state index >= 15 is 0 Å². The lowest BCUT2D eigenvalue weighted by Crippen LogP contribution is -2.05. The number of nitrogens with zero attached hydrogens (tertiary/aromatic N) is 1. The maximum atomic E-state index is 11.9. The summed E-state index contributed by atoms with van der Waals surface area (Å²) in [5, 5.41) is 0. The molecule has 0 aromatic carbocycles. The normalized spacial score (nSPS) is 10.8. The highest BCUT2D eigenvalue weighted by atomic mass is 16.1. The maximum absolute atomic E-state index is 11.9. The van der Waals surface area contributed by atoms with E-state index in [0.717, 1.165) is 24.0 Å². The Kier molecular flexibility index (Phi) is 4.66. The summed E-state index contributed by atoms with van der Waals surface area (Å²) in [4.78, 5) is 16.1. The monoisotopic (exact) mass is 219 g/mol. The average molecular weight is 219 g/mol. The minimum Gasteiger partial charge on any atom is -0.292 e. The van der Waals surface area contributed by atoms with Crippen molar-refractivity contribution in [2.75, 3.05) is 0 Å². The fraction of sp³-hybridized carbons (Fsp3) is 0.571. The first-order chi connectivity index (χ1) is 7.50. The van der Waals surface area contributed by atoms with Crippen molar-refractivity contribution >= 4 is 5.78 Å². The molecule has 0 aliphatic heterocycles. The number of Topliss-reactive ketones (excluding diaryl/α,β-unsaturated/α-hetero) is 1. The molecule has 0 saturated carbocycles. The van der Waals surface area contributed by atoms with E-state index in [2.05, 4.69) is 18.8 Å². The van der Waals surface area contributed by atoms with Crippen LogP contribution in [0.15, 0.2) is 12.3 Å². The zero-order valence-electron chi connectivity index (χ0n) is 10.7. The molecule has 2 heteroatoms. The van der Waals surface area contributed by atoms with E-state index in [1.807, 2.05) is 19.9 Å². The molecule has 0 amide bonds. The molecule has 1 rings (SSSR count). The smallest absolute Gasteiger partial charge is 0.181 e. The van der Waals surface area contributed by atoms with Crippen molar-refractivity contribution in [1.82, 2.24) is 4.98 Å². The van der Waals surface area contributed by atoms with E-state index in [0.29, 0.717) is 18.0 Å². The maximum Gasteiger partial charge on any atom is 0.181 e. The van der Waals surface area contributed by atoms with Crippen molar-refractivity contribution in [1.29, 1.82) is 0 Å². The molecule has 0 fully saturated rings. The van der Waals surface area contributed by atoms with Crippen LogP contribution in [0.4, 0.5) is 0 Å². The number of aryl methyl sites for hydroxylation is 2. The van der Waals surface area contributed by atoms with Gasteiger partial charge in [-0.2, -0.15) is 0 Å². The van der Waals surface area contributed by atoms with Crippen molar-refractivity contribution < 1.29 is 4.79 Å². The molecule has 16 heavy (non-hydrogen) atoms. The highest BCUT2D eigenvalue weighted by Gasteiger charge is 2.10. The van der Waals surface area contributed by atoms with Gasteiger partial charge >= 0.3 is 0 Å². The summed E-state index contributed by atoms with van der Waals surface area (Å²) in [5.41, 5.74) is 2.75. The molecule has 0 unspecified atom stereocenters. The fourth-order valence-corrected chi connectivity index (χ4v) is 1.80. The molecular weight excluding hydrogens is 198 g/mol. The van der Waals surface area contributed by atoms with Gasteiger partial charge in [0.25, 0.3) is 0 Å². The Hall–Kier alpha value is -1.18. The Morgan fingerprint density at radius 3 is 2.62 bits per heavy atom. The first-order valence-electron chi connectivity index (χ1n) is 5.97. The lowest BCUT2D eigenvalue weighted by Gasteiger charge is -2.06. The predicted molar refractivity (Wildman–Crippen MR) is 66.7 cm³/mol. The lowest BCUT2D eigenvalue weighted by atomic mass is 10.0. The summed E-state index contributed by atoms with van der Waals surface area (Å²) in [6, 6.07) is 2.02. The van der Waals surface area contributed by atoms with E-state index in [1.165, 1.54) is 0 Å². The van der Waals surface area contributed by atoms with Crippen molar-refractivity contribution in [2.24, 2.45) is 5.92 Å². The largest absolute Gasteiger partial charge is 0.292 e. The minimum atomic E-state index is 0.179. The van der Waals surface area contributed by atoms with Gasteiger partial charge in [0.15, 0.2) is 5.78 Å². The van der Waals surface area contributed by atoms with Gasteiger partial charge in [-0.15, -0.1) is 0 Å². The first-order valence-corrected chi connectivity index (χ1v) is 5.97. The third-order valence-corrected chi connectivity index (χ3v) is 2.66. The van der Waals surface area contributed by atoms with Crippen LogP contribution in [-0.2, 0) is 0 Å². The third-order valence-electron chi connectivity index (χ3n) is 2.66. The van der Waals surface area contributed by atoms with Gasteiger partial charge in [-0.1, -0.05) is 26.3 Å².